The van der Waals surface area contributed by atoms with Gasteiger partial charge < -0.3 is 21.7 Å². The van der Waals surface area contributed by atoms with Gasteiger partial charge in [-0.15, -0.1) is 0 Å². The Kier molecular flexibility index (Phi) is 7.21. The Balaban J connectivity index is 1.44. The van der Waals surface area contributed by atoms with Gasteiger partial charge in [0.05, 0.1) is 11.9 Å². The van der Waals surface area contributed by atoms with E-state index in [1.54, 1.807) is 0 Å². The van der Waals surface area contributed by atoms with Gasteiger partial charge in [-0.3, -0.25) is 4.79 Å². The van der Waals surface area contributed by atoms with E-state index in [4.69, 9.17) is 5.73 Å². The van der Waals surface area contributed by atoms with E-state index < -0.39 is 11.6 Å². The molecule has 2 aromatic carbocycles. The second-order valence-corrected chi connectivity index (χ2v) is 8.05. The summed E-state index contributed by atoms with van der Waals surface area (Å²) in [4.78, 5) is 21.4. The van der Waals surface area contributed by atoms with Crippen molar-refractivity contribution < 1.29 is 13.6 Å². The van der Waals surface area contributed by atoms with Crippen molar-refractivity contribution in [3.8, 4) is 11.3 Å². The van der Waals surface area contributed by atoms with E-state index >= 15 is 0 Å². The molecule has 0 bridgehead atoms. The van der Waals surface area contributed by atoms with Gasteiger partial charge in [0.15, 0.2) is 11.5 Å². The fraction of sp³-hybridized carbons (Fsp3) is 0.292. The van der Waals surface area contributed by atoms with Crippen LogP contribution >= 0.6 is 0 Å². The summed E-state index contributed by atoms with van der Waals surface area (Å²) in [5, 5.41) is 9.38. The maximum Gasteiger partial charge on any atom is 0.274 e. The summed E-state index contributed by atoms with van der Waals surface area (Å²) in [5.74, 6) is -1.44. The van der Waals surface area contributed by atoms with Crippen molar-refractivity contribution in [1.29, 1.82) is 0 Å². The van der Waals surface area contributed by atoms with Crippen LogP contribution in [0.2, 0.25) is 0 Å². The molecule has 1 fully saturated rings. The maximum atomic E-state index is 13.8. The number of nitrogens with two attached hydrogens (primary N) is 1. The number of nitrogen functional groups attached to an aromatic ring is 1. The molecule has 0 saturated carbocycles. The van der Waals surface area contributed by atoms with E-state index in [2.05, 4.69) is 25.9 Å². The molecule has 1 aliphatic heterocycles. The zero-order valence-corrected chi connectivity index (χ0v) is 18.1. The van der Waals surface area contributed by atoms with Gasteiger partial charge in [-0.25, -0.2) is 18.7 Å². The Hall–Kier alpha value is -3.43. The molecule has 1 atom stereocenters. The number of nitrogens with zero attached hydrogens (tertiary/aromatic N) is 2. The lowest BCUT2D eigenvalue weighted by Crippen LogP contribution is -2.46. The van der Waals surface area contributed by atoms with Crippen LogP contribution in [-0.4, -0.2) is 35.0 Å². The van der Waals surface area contributed by atoms with Crippen molar-refractivity contribution >= 4 is 11.7 Å². The Morgan fingerprint density at radius 1 is 1.18 bits per heavy atom. The predicted molar refractivity (Wildman–Crippen MR) is 122 cm³/mol. The van der Waals surface area contributed by atoms with Gasteiger partial charge in [0.1, 0.15) is 11.6 Å². The normalized spacial score (nSPS) is 15.9. The van der Waals surface area contributed by atoms with Gasteiger partial charge >= 0.3 is 0 Å². The van der Waals surface area contributed by atoms with Crippen LogP contribution in [0.15, 0.2) is 48.7 Å². The number of rotatable bonds is 7. The Morgan fingerprint density at radius 3 is 2.85 bits per heavy atom. The minimum atomic E-state index is -0.600. The number of hydrogen-bond donors (Lipinski definition) is 4. The molecule has 2 heterocycles. The smallest absolute Gasteiger partial charge is 0.274 e. The van der Waals surface area contributed by atoms with Gasteiger partial charge in [0, 0.05) is 42.9 Å². The van der Waals surface area contributed by atoms with E-state index in [-0.39, 0.29) is 30.0 Å². The van der Waals surface area contributed by atoms with Crippen LogP contribution < -0.4 is 21.7 Å². The summed E-state index contributed by atoms with van der Waals surface area (Å²) in [6, 6.07) is 11.2. The molecule has 0 spiro atoms. The van der Waals surface area contributed by atoms with Crippen LogP contribution in [0.4, 0.5) is 14.6 Å². The molecule has 1 saturated heterocycles. The summed E-state index contributed by atoms with van der Waals surface area (Å²) in [6.07, 6.45) is 3.44. The highest BCUT2D eigenvalue weighted by Crippen LogP contribution is 2.20. The second-order valence-electron chi connectivity index (χ2n) is 8.05. The highest BCUT2D eigenvalue weighted by molar-refractivity contribution is 5.97. The predicted octanol–water partition coefficient (Wildman–Crippen LogP) is 2.78. The Bertz CT molecular complexity index is 1130. The van der Waals surface area contributed by atoms with Crippen molar-refractivity contribution in [2.45, 2.75) is 32.0 Å². The minimum absolute atomic E-state index is 0.0384. The minimum Gasteiger partial charge on any atom is -0.382 e. The SMILES string of the molecule is Nc1ncc(-c2cccc(CNCc3ccc(F)cc3F)c2)nc1C(=O)NC1CCCNC1. The number of amides is 1. The fourth-order valence-electron chi connectivity index (χ4n) is 3.78. The summed E-state index contributed by atoms with van der Waals surface area (Å²) in [6.45, 7) is 2.40. The molecular weight excluding hydrogens is 426 g/mol. The van der Waals surface area contributed by atoms with Gasteiger partial charge in [0.25, 0.3) is 5.91 Å². The second kappa shape index (κ2) is 10.5. The molecule has 7 nitrogen and oxygen atoms in total. The fourth-order valence-corrected chi connectivity index (χ4v) is 3.78. The third kappa shape index (κ3) is 5.88. The van der Waals surface area contributed by atoms with E-state index in [0.717, 1.165) is 43.1 Å². The molecule has 172 valence electrons. The third-order valence-corrected chi connectivity index (χ3v) is 5.53. The summed E-state index contributed by atoms with van der Waals surface area (Å²) in [5.41, 5.74) is 8.68. The van der Waals surface area contributed by atoms with Crippen LogP contribution in [0.1, 0.15) is 34.5 Å². The molecule has 1 aromatic heterocycles. The van der Waals surface area contributed by atoms with Crippen molar-refractivity contribution in [2.75, 3.05) is 18.8 Å². The lowest BCUT2D eigenvalue weighted by Gasteiger charge is -2.23. The lowest BCUT2D eigenvalue weighted by molar-refractivity contribution is 0.0926. The van der Waals surface area contributed by atoms with E-state index in [9.17, 15) is 13.6 Å². The summed E-state index contributed by atoms with van der Waals surface area (Å²) >= 11 is 0. The summed E-state index contributed by atoms with van der Waals surface area (Å²) < 4.78 is 26.9. The quantitative estimate of drug-likeness (QED) is 0.440. The molecule has 0 radical (unpaired) electrons. The number of carbonyl (C=O) groups excluding carboxylic acids is 1. The molecule has 1 aliphatic rings. The number of benzene rings is 2. The molecular formula is C24H26F2N6O. The van der Waals surface area contributed by atoms with E-state index in [1.165, 1.54) is 18.3 Å². The molecule has 1 amide bonds. The molecule has 3 aromatic rings. The van der Waals surface area contributed by atoms with Crippen molar-refractivity contribution in [1.82, 2.24) is 25.9 Å². The first-order valence-corrected chi connectivity index (χ1v) is 10.9. The summed E-state index contributed by atoms with van der Waals surface area (Å²) in [7, 11) is 0. The number of hydrogen-bond acceptors (Lipinski definition) is 6. The molecule has 0 aliphatic carbocycles. The lowest BCUT2D eigenvalue weighted by atomic mass is 10.1. The average molecular weight is 453 g/mol. The number of piperidine rings is 1. The Morgan fingerprint density at radius 2 is 2.06 bits per heavy atom. The zero-order valence-electron chi connectivity index (χ0n) is 18.1. The third-order valence-electron chi connectivity index (χ3n) is 5.53. The first-order valence-electron chi connectivity index (χ1n) is 10.9. The van der Waals surface area contributed by atoms with Crippen molar-refractivity contribution in [3.63, 3.8) is 0 Å². The van der Waals surface area contributed by atoms with Gasteiger partial charge in [-0.2, -0.15) is 0 Å². The van der Waals surface area contributed by atoms with Gasteiger partial charge in [-0.05, 0) is 37.1 Å². The van der Waals surface area contributed by atoms with Crippen LogP contribution in [0.3, 0.4) is 0 Å². The average Bonchev–Trinajstić information content (AvgIpc) is 2.81. The molecule has 33 heavy (non-hydrogen) atoms. The Labute approximate surface area is 190 Å². The molecule has 9 heteroatoms. The topological polar surface area (TPSA) is 105 Å². The first-order chi connectivity index (χ1) is 16.0. The van der Waals surface area contributed by atoms with Crippen LogP contribution in [0, 0.1) is 11.6 Å². The number of aromatic nitrogens is 2. The van der Waals surface area contributed by atoms with E-state index in [1.807, 2.05) is 24.3 Å². The van der Waals surface area contributed by atoms with Crippen LogP contribution in [-0.2, 0) is 13.1 Å². The number of nitrogens with one attached hydrogen (secondary N) is 3. The van der Waals surface area contributed by atoms with E-state index in [0.29, 0.717) is 17.8 Å². The van der Waals surface area contributed by atoms with Crippen molar-refractivity contribution in [3.05, 3.63) is 77.1 Å². The monoisotopic (exact) mass is 452 g/mol. The van der Waals surface area contributed by atoms with Crippen LogP contribution in [0.25, 0.3) is 11.3 Å². The number of halogens is 2. The zero-order chi connectivity index (χ0) is 23.2. The highest BCUT2D eigenvalue weighted by Gasteiger charge is 2.20. The van der Waals surface area contributed by atoms with Crippen LogP contribution in [0.5, 0.6) is 0 Å². The number of carbonyl (C=O) groups is 1. The van der Waals surface area contributed by atoms with Gasteiger partial charge in [-0.1, -0.05) is 24.3 Å². The first kappa shape index (κ1) is 22.8. The van der Waals surface area contributed by atoms with Gasteiger partial charge in [0.2, 0.25) is 0 Å². The molecule has 1 unspecified atom stereocenters. The molecule has 4 rings (SSSR count). The van der Waals surface area contributed by atoms with Crippen molar-refractivity contribution in [2.24, 2.45) is 0 Å². The maximum absolute atomic E-state index is 13.8. The number of anilines is 1. The largest absolute Gasteiger partial charge is 0.382 e. The standard InChI is InChI=1S/C24H26F2N6O/c25-18-7-6-17(20(26)10-18)12-29-11-15-3-1-4-16(9-15)21-14-30-23(27)22(32-21)24(33)31-19-5-2-8-28-13-19/h1,3-4,6-7,9-10,14,19,28-29H,2,5,8,11-13H2,(H2,27,30)(H,31,33). The molecule has 5 N–H and O–H groups in total. The highest BCUT2D eigenvalue weighted by atomic mass is 19.1.